The second kappa shape index (κ2) is 10.1. The largest absolute Gasteiger partial charge is 0.495 e. The Morgan fingerprint density at radius 2 is 1.63 bits per heavy atom. The Kier molecular flexibility index (Phi) is 6.74. The number of thiophene rings is 1. The van der Waals surface area contributed by atoms with Gasteiger partial charge in [0.15, 0.2) is 0 Å². The van der Waals surface area contributed by atoms with Gasteiger partial charge in [0.1, 0.15) is 10.6 Å². The van der Waals surface area contributed by atoms with Gasteiger partial charge in [-0.05, 0) is 30.7 Å². The first-order chi connectivity index (χ1) is 17.1. The number of aryl methyl sites for hydroxylation is 1. The summed E-state index contributed by atoms with van der Waals surface area (Å²) < 4.78 is 8.53. The molecule has 7 nitrogen and oxygen atoms in total. The molecule has 0 bridgehead atoms. The molecule has 182 valence electrons. The SMILES string of the molecule is COc1ccccc1N1CCN(CCCn2c(=O)c3c(-c4ccccc4)csc3n(C)c2=O)CC1. The summed E-state index contributed by atoms with van der Waals surface area (Å²) in [6.45, 7) is 4.98. The normalized spacial score (nSPS) is 14.5. The lowest BCUT2D eigenvalue weighted by atomic mass is 10.1. The average molecular weight is 491 g/mol. The van der Waals surface area contributed by atoms with Gasteiger partial charge in [-0.25, -0.2) is 4.79 Å². The summed E-state index contributed by atoms with van der Waals surface area (Å²) in [4.78, 5) is 31.9. The minimum Gasteiger partial charge on any atom is -0.495 e. The number of methoxy groups -OCH3 is 1. The van der Waals surface area contributed by atoms with Crippen molar-refractivity contribution in [1.29, 1.82) is 0 Å². The average Bonchev–Trinajstić information content (AvgIpc) is 3.36. The van der Waals surface area contributed by atoms with Crippen molar-refractivity contribution in [3.05, 3.63) is 80.8 Å². The van der Waals surface area contributed by atoms with Gasteiger partial charge in [-0.3, -0.25) is 18.8 Å². The molecule has 2 aromatic carbocycles. The molecule has 5 rings (SSSR count). The maximum absolute atomic E-state index is 13.4. The molecule has 0 spiro atoms. The Hall–Kier alpha value is -3.36. The first-order valence-corrected chi connectivity index (χ1v) is 12.8. The predicted octanol–water partition coefficient (Wildman–Crippen LogP) is 3.65. The smallest absolute Gasteiger partial charge is 0.331 e. The van der Waals surface area contributed by atoms with Crippen LogP contribution in [0.4, 0.5) is 5.69 Å². The fraction of sp³-hybridized carbons (Fsp3) is 0.333. The van der Waals surface area contributed by atoms with Gasteiger partial charge >= 0.3 is 5.69 Å². The van der Waals surface area contributed by atoms with Crippen LogP contribution in [0.15, 0.2) is 69.6 Å². The molecule has 0 atom stereocenters. The van der Waals surface area contributed by atoms with Crippen molar-refractivity contribution in [2.75, 3.05) is 44.7 Å². The van der Waals surface area contributed by atoms with E-state index in [1.807, 2.05) is 53.9 Å². The van der Waals surface area contributed by atoms with Crippen LogP contribution in [0.1, 0.15) is 6.42 Å². The molecule has 3 heterocycles. The fourth-order valence-corrected chi connectivity index (χ4v) is 5.91. The number of hydrogen-bond acceptors (Lipinski definition) is 6. The maximum atomic E-state index is 13.4. The van der Waals surface area contributed by atoms with E-state index in [4.69, 9.17) is 4.74 Å². The highest BCUT2D eigenvalue weighted by Crippen LogP contribution is 2.31. The van der Waals surface area contributed by atoms with Gasteiger partial charge in [0.25, 0.3) is 5.56 Å². The molecule has 1 aliphatic rings. The highest BCUT2D eigenvalue weighted by Gasteiger charge is 2.20. The number of fused-ring (bicyclic) bond motifs is 1. The maximum Gasteiger partial charge on any atom is 0.331 e. The molecule has 1 aliphatic heterocycles. The summed E-state index contributed by atoms with van der Waals surface area (Å²) in [7, 11) is 3.46. The molecule has 2 aromatic heterocycles. The summed E-state index contributed by atoms with van der Waals surface area (Å²) in [5, 5.41) is 2.61. The Morgan fingerprint density at radius 3 is 2.37 bits per heavy atom. The molecular weight excluding hydrogens is 460 g/mol. The molecule has 4 aromatic rings. The van der Waals surface area contributed by atoms with Gasteiger partial charge in [-0.1, -0.05) is 42.5 Å². The molecule has 0 amide bonds. The second-order valence-electron chi connectivity index (χ2n) is 8.85. The standard InChI is InChI=1S/C27H30N4O3S/c1-28-26-24(21(19-35-26)20-9-4-3-5-10-20)25(32)31(27(28)33)14-8-13-29-15-17-30(18-16-29)22-11-6-7-12-23(22)34-2/h3-7,9-12,19H,8,13-18H2,1-2H3. The van der Waals surface area contributed by atoms with Crippen LogP contribution in [-0.2, 0) is 13.6 Å². The van der Waals surface area contributed by atoms with E-state index in [1.54, 1.807) is 18.7 Å². The Balaban J connectivity index is 1.28. The fourth-order valence-electron chi connectivity index (χ4n) is 4.87. The number of anilines is 1. The third-order valence-electron chi connectivity index (χ3n) is 6.79. The quantitative estimate of drug-likeness (QED) is 0.396. The lowest BCUT2D eigenvalue weighted by molar-refractivity contribution is 0.248. The minimum absolute atomic E-state index is 0.191. The van der Waals surface area contributed by atoms with Crippen molar-refractivity contribution in [2.24, 2.45) is 7.05 Å². The zero-order valence-corrected chi connectivity index (χ0v) is 21.0. The molecule has 0 radical (unpaired) electrons. The summed E-state index contributed by atoms with van der Waals surface area (Å²) in [5.74, 6) is 0.898. The molecule has 0 N–H and O–H groups in total. The van der Waals surface area contributed by atoms with Crippen LogP contribution < -0.4 is 20.9 Å². The number of hydrogen-bond donors (Lipinski definition) is 0. The van der Waals surface area contributed by atoms with Crippen molar-refractivity contribution >= 4 is 27.2 Å². The van der Waals surface area contributed by atoms with E-state index in [2.05, 4.69) is 15.9 Å². The molecule has 0 aliphatic carbocycles. The Morgan fingerprint density at radius 1 is 0.914 bits per heavy atom. The molecule has 0 unspecified atom stereocenters. The number of para-hydroxylation sites is 2. The van der Waals surface area contributed by atoms with Crippen molar-refractivity contribution in [3.8, 4) is 16.9 Å². The molecule has 1 saturated heterocycles. The summed E-state index contributed by atoms with van der Waals surface area (Å²) in [5.41, 5.74) is 2.58. The number of aromatic nitrogens is 2. The third kappa shape index (κ3) is 4.51. The van der Waals surface area contributed by atoms with E-state index in [0.29, 0.717) is 11.9 Å². The van der Waals surface area contributed by atoms with E-state index >= 15 is 0 Å². The zero-order chi connectivity index (χ0) is 24.4. The molecule has 8 heteroatoms. The van der Waals surface area contributed by atoms with Crippen molar-refractivity contribution in [1.82, 2.24) is 14.0 Å². The van der Waals surface area contributed by atoms with Crippen molar-refractivity contribution in [2.45, 2.75) is 13.0 Å². The Labute approximate surface area is 208 Å². The molecular formula is C27H30N4O3S. The van der Waals surface area contributed by atoms with Crippen molar-refractivity contribution in [3.63, 3.8) is 0 Å². The number of benzene rings is 2. The van der Waals surface area contributed by atoms with Gasteiger partial charge in [0.2, 0.25) is 0 Å². The molecule has 0 saturated carbocycles. The van der Waals surface area contributed by atoms with Crippen LogP contribution in [-0.4, -0.2) is 53.9 Å². The van der Waals surface area contributed by atoms with Gasteiger partial charge in [0, 0.05) is 50.7 Å². The van der Waals surface area contributed by atoms with E-state index in [-0.39, 0.29) is 11.2 Å². The van der Waals surface area contributed by atoms with Crippen LogP contribution in [0, 0.1) is 0 Å². The third-order valence-corrected chi connectivity index (χ3v) is 7.85. The van der Waals surface area contributed by atoms with E-state index in [9.17, 15) is 9.59 Å². The highest BCUT2D eigenvalue weighted by atomic mass is 32.1. The summed E-state index contributed by atoms with van der Waals surface area (Å²) in [6, 6.07) is 18.0. The minimum atomic E-state index is -0.245. The van der Waals surface area contributed by atoms with Gasteiger partial charge in [-0.2, -0.15) is 0 Å². The predicted molar refractivity (Wildman–Crippen MR) is 143 cm³/mol. The molecule has 35 heavy (non-hydrogen) atoms. The van der Waals surface area contributed by atoms with Gasteiger partial charge < -0.3 is 9.64 Å². The number of ether oxygens (including phenoxy) is 1. The summed E-state index contributed by atoms with van der Waals surface area (Å²) >= 11 is 1.45. The van der Waals surface area contributed by atoms with Crippen LogP contribution in [0.2, 0.25) is 0 Å². The first kappa shape index (κ1) is 23.4. The van der Waals surface area contributed by atoms with Crippen molar-refractivity contribution < 1.29 is 4.74 Å². The zero-order valence-electron chi connectivity index (χ0n) is 20.1. The lowest BCUT2D eigenvalue weighted by Crippen LogP contribution is -2.47. The number of rotatable bonds is 7. The van der Waals surface area contributed by atoms with Crippen LogP contribution in [0.5, 0.6) is 5.75 Å². The van der Waals surface area contributed by atoms with E-state index in [0.717, 1.165) is 66.5 Å². The second-order valence-corrected chi connectivity index (χ2v) is 9.71. The lowest BCUT2D eigenvalue weighted by Gasteiger charge is -2.36. The summed E-state index contributed by atoms with van der Waals surface area (Å²) in [6.07, 6.45) is 0.750. The number of nitrogens with zero attached hydrogens (tertiary/aromatic N) is 4. The molecule has 1 fully saturated rings. The topological polar surface area (TPSA) is 59.7 Å². The van der Waals surface area contributed by atoms with Gasteiger partial charge in [-0.15, -0.1) is 11.3 Å². The van der Waals surface area contributed by atoms with Crippen LogP contribution in [0.3, 0.4) is 0 Å². The number of piperazine rings is 1. The monoisotopic (exact) mass is 490 g/mol. The van der Waals surface area contributed by atoms with Gasteiger partial charge in [0.05, 0.1) is 18.2 Å². The van der Waals surface area contributed by atoms with E-state index in [1.165, 1.54) is 15.9 Å². The van der Waals surface area contributed by atoms with Crippen LogP contribution in [0.25, 0.3) is 21.3 Å². The van der Waals surface area contributed by atoms with Crippen LogP contribution >= 0.6 is 11.3 Å². The first-order valence-electron chi connectivity index (χ1n) is 11.9. The Bertz CT molecular complexity index is 1430. The highest BCUT2D eigenvalue weighted by molar-refractivity contribution is 7.17. The van der Waals surface area contributed by atoms with E-state index < -0.39 is 0 Å².